The van der Waals surface area contributed by atoms with Gasteiger partial charge in [-0.15, -0.1) is 0 Å². The van der Waals surface area contributed by atoms with E-state index in [1.165, 1.54) is 11.3 Å². The predicted octanol–water partition coefficient (Wildman–Crippen LogP) is 2.70. The third-order valence-corrected chi connectivity index (χ3v) is 5.42. The molecule has 1 aromatic carbocycles. The number of hydrogen-bond acceptors (Lipinski definition) is 5. The van der Waals surface area contributed by atoms with Gasteiger partial charge in [0.1, 0.15) is 10.9 Å². The van der Waals surface area contributed by atoms with Gasteiger partial charge in [0.05, 0.1) is 0 Å². The number of rotatable bonds is 3. The average Bonchev–Trinajstić information content (AvgIpc) is 2.99. The van der Waals surface area contributed by atoms with E-state index in [1.54, 1.807) is 4.90 Å². The van der Waals surface area contributed by atoms with E-state index in [1.807, 2.05) is 30.3 Å². The Bertz CT molecular complexity index is 774. The molecule has 1 aromatic heterocycles. The summed E-state index contributed by atoms with van der Waals surface area (Å²) in [6.45, 7) is 1.27. The van der Waals surface area contributed by atoms with Crippen molar-refractivity contribution in [2.45, 2.75) is 31.8 Å². The highest BCUT2D eigenvalue weighted by molar-refractivity contribution is 7.18. The number of carbonyl (C=O) groups is 2. The van der Waals surface area contributed by atoms with Crippen LogP contribution in [0.3, 0.4) is 0 Å². The predicted molar refractivity (Wildman–Crippen MR) is 93.2 cm³/mol. The van der Waals surface area contributed by atoms with Gasteiger partial charge in [0.2, 0.25) is 5.91 Å². The van der Waals surface area contributed by atoms with Crippen LogP contribution in [0.2, 0.25) is 0 Å². The molecule has 0 radical (unpaired) electrons. The molecule has 6 nitrogen and oxygen atoms in total. The smallest absolute Gasteiger partial charge is 0.268 e. The molecular weight excluding hydrogens is 324 g/mol. The highest BCUT2D eigenvalue weighted by Gasteiger charge is 2.38. The molecule has 1 saturated heterocycles. The molecular formula is C17H18N4O2S. The standard InChI is InChI=1S/C17H18N4O2S/c22-15-12-8-4-5-9-21(12)16(23)13-14(19-15)20-17(24-13)18-10-11-6-2-1-3-7-11/h1-3,6-7,12H,4-5,8-10H2,(H,18,20)(H,19,22). The van der Waals surface area contributed by atoms with Crippen molar-refractivity contribution < 1.29 is 9.59 Å². The van der Waals surface area contributed by atoms with E-state index in [-0.39, 0.29) is 17.9 Å². The number of nitrogens with one attached hydrogen (secondary N) is 2. The molecule has 4 rings (SSSR count). The SMILES string of the molecule is O=C1Nc2nc(NCc3ccccc3)sc2C(=O)N2CCCCC12. The van der Waals surface area contributed by atoms with E-state index in [2.05, 4.69) is 15.6 Å². The molecule has 7 heteroatoms. The third kappa shape index (κ3) is 2.75. The van der Waals surface area contributed by atoms with Crippen molar-refractivity contribution in [2.75, 3.05) is 17.2 Å². The summed E-state index contributed by atoms with van der Waals surface area (Å²) in [4.78, 5) is 31.8. The number of aromatic nitrogens is 1. The number of carbonyl (C=O) groups excluding carboxylic acids is 2. The van der Waals surface area contributed by atoms with E-state index in [0.29, 0.717) is 28.9 Å². The van der Waals surface area contributed by atoms with Gasteiger partial charge in [0.15, 0.2) is 10.9 Å². The van der Waals surface area contributed by atoms with Crippen molar-refractivity contribution in [2.24, 2.45) is 0 Å². The van der Waals surface area contributed by atoms with Crippen molar-refractivity contribution in [3.8, 4) is 0 Å². The lowest BCUT2D eigenvalue weighted by atomic mass is 10.0. The molecule has 1 atom stereocenters. The Kier molecular flexibility index (Phi) is 3.93. The zero-order chi connectivity index (χ0) is 16.5. The molecule has 1 fully saturated rings. The molecule has 2 N–H and O–H groups in total. The maximum atomic E-state index is 12.8. The highest BCUT2D eigenvalue weighted by Crippen LogP contribution is 2.33. The number of hydrogen-bond donors (Lipinski definition) is 2. The normalized spacial score (nSPS) is 20.0. The van der Waals surface area contributed by atoms with Gasteiger partial charge in [0, 0.05) is 13.1 Å². The van der Waals surface area contributed by atoms with E-state index < -0.39 is 0 Å². The van der Waals surface area contributed by atoms with Crippen LogP contribution in [0.15, 0.2) is 30.3 Å². The van der Waals surface area contributed by atoms with Gasteiger partial charge in [-0.25, -0.2) is 4.98 Å². The Labute approximate surface area is 143 Å². The molecule has 0 aliphatic carbocycles. The fourth-order valence-corrected chi connectivity index (χ4v) is 4.05. The topological polar surface area (TPSA) is 74.3 Å². The molecule has 2 aliphatic heterocycles. The van der Waals surface area contributed by atoms with Gasteiger partial charge in [-0.3, -0.25) is 9.59 Å². The summed E-state index contributed by atoms with van der Waals surface area (Å²) in [5, 5.41) is 6.71. The lowest BCUT2D eigenvalue weighted by Crippen LogP contribution is -2.47. The Balaban J connectivity index is 1.56. The third-order valence-electron chi connectivity index (χ3n) is 4.42. The van der Waals surface area contributed by atoms with Crippen LogP contribution in [0.25, 0.3) is 0 Å². The van der Waals surface area contributed by atoms with Gasteiger partial charge in [0.25, 0.3) is 5.91 Å². The molecule has 2 aromatic rings. The molecule has 24 heavy (non-hydrogen) atoms. The van der Waals surface area contributed by atoms with Crippen LogP contribution in [0.1, 0.15) is 34.5 Å². The monoisotopic (exact) mass is 342 g/mol. The molecule has 0 saturated carbocycles. The Morgan fingerprint density at radius 1 is 1.25 bits per heavy atom. The molecule has 2 amide bonds. The summed E-state index contributed by atoms with van der Waals surface area (Å²) in [5.41, 5.74) is 1.13. The van der Waals surface area contributed by atoms with Crippen LogP contribution >= 0.6 is 11.3 Å². The highest BCUT2D eigenvalue weighted by atomic mass is 32.1. The van der Waals surface area contributed by atoms with Crippen LogP contribution in [0.5, 0.6) is 0 Å². The molecule has 124 valence electrons. The molecule has 0 bridgehead atoms. The number of nitrogens with zero attached hydrogens (tertiary/aromatic N) is 2. The Morgan fingerprint density at radius 2 is 2.08 bits per heavy atom. The number of thiazole rings is 1. The van der Waals surface area contributed by atoms with E-state index in [4.69, 9.17) is 0 Å². The quantitative estimate of drug-likeness (QED) is 0.899. The van der Waals surface area contributed by atoms with Gasteiger partial charge in [-0.1, -0.05) is 41.7 Å². The lowest BCUT2D eigenvalue weighted by molar-refractivity contribution is -0.121. The Hall–Kier alpha value is -2.41. The van der Waals surface area contributed by atoms with Crippen LogP contribution in [0.4, 0.5) is 10.9 Å². The number of benzene rings is 1. The van der Waals surface area contributed by atoms with Crippen molar-refractivity contribution in [3.63, 3.8) is 0 Å². The second-order valence-electron chi connectivity index (χ2n) is 6.04. The van der Waals surface area contributed by atoms with Crippen molar-refractivity contribution >= 4 is 34.1 Å². The largest absolute Gasteiger partial charge is 0.357 e. The maximum Gasteiger partial charge on any atom is 0.268 e. The van der Waals surface area contributed by atoms with Gasteiger partial charge in [-0.2, -0.15) is 0 Å². The Morgan fingerprint density at radius 3 is 2.92 bits per heavy atom. The van der Waals surface area contributed by atoms with Crippen molar-refractivity contribution in [1.82, 2.24) is 9.88 Å². The fourth-order valence-electron chi connectivity index (χ4n) is 3.18. The van der Waals surface area contributed by atoms with Gasteiger partial charge < -0.3 is 15.5 Å². The number of anilines is 2. The first kappa shape index (κ1) is 15.1. The summed E-state index contributed by atoms with van der Waals surface area (Å²) in [6, 6.07) is 9.63. The first-order valence-electron chi connectivity index (χ1n) is 8.13. The zero-order valence-corrected chi connectivity index (χ0v) is 13.9. The second kappa shape index (κ2) is 6.24. The van der Waals surface area contributed by atoms with E-state index >= 15 is 0 Å². The lowest BCUT2D eigenvalue weighted by Gasteiger charge is -2.32. The summed E-state index contributed by atoms with van der Waals surface area (Å²) in [7, 11) is 0. The van der Waals surface area contributed by atoms with Crippen LogP contribution in [0, 0.1) is 0 Å². The molecule has 3 heterocycles. The van der Waals surface area contributed by atoms with Crippen molar-refractivity contribution in [3.05, 3.63) is 40.8 Å². The summed E-state index contributed by atoms with van der Waals surface area (Å²) >= 11 is 1.31. The van der Waals surface area contributed by atoms with E-state index in [0.717, 1.165) is 24.8 Å². The molecule has 1 unspecified atom stereocenters. The summed E-state index contributed by atoms with van der Waals surface area (Å²) < 4.78 is 0. The first-order valence-corrected chi connectivity index (χ1v) is 8.94. The number of piperidine rings is 1. The second-order valence-corrected chi connectivity index (χ2v) is 7.03. The molecule has 2 aliphatic rings. The molecule has 0 spiro atoms. The van der Waals surface area contributed by atoms with Crippen LogP contribution < -0.4 is 10.6 Å². The maximum absolute atomic E-state index is 12.8. The number of fused-ring (bicyclic) bond motifs is 2. The minimum atomic E-state index is -0.353. The fraction of sp³-hybridized carbons (Fsp3) is 0.353. The van der Waals surface area contributed by atoms with E-state index in [9.17, 15) is 9.59 Å². The van der Waals surface area contributed by atoms with Crippen LogP contribution in [-0.4, -0.2) is 34.3 Å². The number of amides is 2. The van der Waals surface area contributed by atoms with Gasteiger partial charge >= 0.3 is 0 Å². The zero-order valence-electron chi connectivity index (χ0n) is 13.1. The minimum Gasteiger partial charge on any atom is -0.357 e. The minimum absolute atomic E-state index is 0.0849. The van der Waals surface area contributed by atoms with Crippen molar-refractivity contribution in [1.29, 1.82) is 0 Å². The van der Waals surface area contributed by atoms with Gasteiger partial charge in [-0.05, 0) is 24.8 Å². The van der Waals surface area contributed by atoms with Crippen LogP contribution in [-0.2, 0) is 11.3 Å². The summed E-state index contributed by atoms with van der Waals surface area (Å²) in [5.74, 6) is 0.181. The first-order chi connectivity index (χ1) is 11.7. The average molecular weight is 342 g/mol. The summed E-state index contributed by atoms with van der Waals surface area (Å²) in [6.07, 6.45) is 2.65.